The number of nitrogens with one attached hydrogen (secondary N) is 1. The molecule has 2 aromatic rings. The van der Waals surface area contributed by atoms with Crippen LogP contribution in [0.25, 0.3) is 0 Å². The largest absolute Gasteiger partial charge is 0.501 e. The summed E-state index contributed by atoms with van der Waals surface area (Å²) in [5.74, 6) is -3.13. The molecule has 3 rings (SSSR count). The van der Waals surface area contributed by atoms with Gasteiger partial charge in [-0.15, -0.1) is 0 Å². The molecule has 184 valence electrons. The molecule has 1 aliphatic heterocycles. The summed E-state index contributed by atoms with van der Waals surface area (Å²) in [7, 11) is -0.342. The number of nitrogens with zero attached hydrogens (tertiary/aromatic N) is 4. The number of fused-ring (bicyclic) bond motifs is 1. The predicted molar refractivity (Wildman–Crippen MR) is 120 cm³/mol. The summed E-state index contributed by atoms with van der Waals surface area (Å²) >= 11 is 0. The Morgan fingerprint density at radius 3 is 2.53 bits per heavy atom. The number of amides is 2. The Bertz CT molecular complexity index is 1260. The number of benzene rings is 1. The van der Waals surface area contributed by atoms with Gasteiger partial charge in [-0.3, -0.25) is 23.9 Å². The molecule has 0 saturated carbocycles. The quantitative estimate of drug-likeness (QED) is 0.524. The fourth-order valence-corrected chi connectivity index (χ4v) is 4.25. The van der Waals surface area contributed by atoms with E-state index in [2.05, 4.69) is 10.3 Å². The number of hydrogen-bond acceptors (Lipinski definition) is 8. The van der Waals surface area contributed by atoms with Crippen LogP contribution >= 0.6 is 0 Å². The van der Waals surface area contributed by atoms with E-state index in [1.54, 1.807) is 7.05 Å². The van der Waals surface area contributed by atoms with Gasteiger partial charge in [0.15, 0.2) is 15.5 Å². The monoisotopic (exact) mass is 495 g/mol. The van der Waals surface area contributed by atoms with Gasteiger partial charge in [-0.05, 0) is 24.7 Å². The fourth-order valence-electron chi connectivity index (χ4n) is 3.59. The van der Waals surface area contributed by atoms with Gasteiger partial charge in [0.2, 0.25) is 11.7 Å². The minimum Gasteiger partial charge on any atom is -0.501 e. The molecule has 0 fully saturated rings. The van der Waals surface area contributed by atoms with E-state index in [0.717, 1.165) is 6.26 Å². The molecule has 13 heteroatoms. The number of carbonyl (C=O) groups is 2. The molecule has 2 N–H and O–H groups in total. The SMILES string of the molecule is CN(CC1c2nc(C(=O)NCc3ccc(F)cc3)c(O)c(=O)n2CCN1C)C(=O)CS(C)(=O)=O. The lowest BCUT2D eigenvalue weighted by Crippen LogP contribution is -2.47. The van der Waals surface area contributed by atoms with Gasteiger partial charge in [0.1, 0.15) is 17.4 Å². The molecule has 0 bridgehead atoms. The van der Waals surface area contributed by atoms with Gasteiger partial charge < -0.3 is 15.3 Å². The number of halogens is 1. The maximum atomic E-state index is 13.1. The van der Waals surface area contributed by atoms with Crippen LogP contribution in [0.2, 0.25) is 0 Å². The van der Waals surface area contributed by atoms with Crippen molar-refractivity contribution in [3.8, 4) is 5.75 Å². The number of rotatable bonds is 7. The molecule has 1 aromatic heterocycles. The van der Waals surface area contributed by atoms with Crippen molar-refractivity contribution in [2.45, 2.75) is 19.1 Å². The van der Waals surface area contributed by atoms with Crippen LogP contribution in [0.15, 0.2) is 29.1 Å². The summed E-state index contributed by atoms with van der Waals surface area (Å²) in [6, 6.07) is 4.83. The van der Waals surface area contributed by atoms with Crippen LogP contribution in [0.3, 0.4) is 0 Å². The Morgan fingerprint density at radius 1 is 1.26 bits per heavy atom. The van der Waals surface area contributed by atoms with Crippen molar-refractivity contribution in [2.24, 2.45) is 0 Å². The summed E-state index contributed by atoms with van der Waals surface area (Å²) in [6.07, 6.45) is 0.960. The molecular formula is C21H26FN5O6S. The van der Waals surface area contributed by atoms with Crippen molar-refractivity contribution >= 4 is 21.7 Å². The van der Waals surface area contributed by atoms with E-state index in [1.807, 2.05) is 4.90 Å². The molecule has 0 radical (unpaired) electrons. The molecule has 34 heavy (non-hydrogen) atoms. The summed E-state index contributed by atoms with van der Waals surface area (Å²) in [5.41, 5.74) is -0.656. The van der Waals surface area contributed by atoms with Gasteiger partial charge in [-0.1, -0.05) is 12.1 Å². The molecule has 0 saturated heterocycles. The molecule has 0 spiro atoms. The summed E-state index contributed by atoms with van der Waals surface area (Å²) < 4.78 is 37.3. The lowest BCUT2D eigenvalue weighted by molar-refractivity contribution is -0.128. The standard InChI is InChI=1S/C21H26FN5O6S/c1-25-8-9-27-19(15(25)11-26(2)16(28)12-34(3,32)33)24-17(18(29)21(27)31)20(30)23-10-13-4-6-14(22)7-5-13/h4-7,15,29H,8-12H2,1-3H3,(H,23,30). The number of likely N-dealkylation sites (N-methyl/N-ethyl adjacent to an activating group) is 2. The highest BCUT2D eigenvalue weighted by Crippen LogP contribution is 2.24. The highest BCUT2D eigenvalue weighted by Gasteiger charge is 2.33. The van der Waals surface area contributed by atoms with Crippen LogP contribution in [0.1, 0.15) is 27.9 Å². The Kier molecular flexibility index (Phi) is 7.36. The normalized spacial score (nSPS) is 16.1. The van der Waals surface area contributed by atoms with Gasteiger partial charge in [0, 0.05) is 39.5 Å². The number of carbonyl (C=O) groups excluding carboxylic acids is 2. The summed E-state index contributed by atoms with van der Waals surface area (Å²) in [5, 5.41) is 12.9. The van der Waals surface area contributed by atoms with Crippen molar-refractivity contribution in [3.63, 3.8) is 0 Å². The zero-order chi connectivity index (χ0) is 25.2. The minimum absolute atomic E-state index is 0.0126. The van der Waals surface area contributed by atoms with E-state index >= 15 is 0 Å². The van der Waals surface area contributed by atoms with E-state index in [1.165, 1.54) is 40.8 Å². The Balaban J connectivity index is 1.88. The zero-order valence-electron chi connectivity index (χ0n) is 19.0. The third-order valence-corrected chi connectivity index (χ3v) is 6.29. The maximum Gasteiger partial charge on any atom is 0.296 e. The second-order valence-electron chi connectivity index (χ2n) is 8.27. The highest BCUT2D eigenvalue weighted by atomic mass is 32.2. The smallest absolute Gasteiger partial charge is 0.296 e. The first-order valence-electron chi connectivity index (χ1n) is 10.4. The van der Waals surface area contributed by atoms with Crippen molar-refractivity contribution in [1.82, 2.24) is 24.7 Å². The third kappa shape index (κ3) is 5.78. The van der Waals surface area contributed by atoms with Crippen LogP contribution in [-0.2, 0) is 27.7 Å². The van der Waals surface area contributed by atoms with Crippen LogP contribution in [0.5, 0.6) is 5.75 Å². The third-order valence-electron chi connectivity index (χ3n) is 5.52. The molecular weight excluding hydrogens is 469 g/mol. The first-order chi connectivity index (χ1) is 15.9. The van der Waals surface area contributed by atoms with Gasteiger partial charge >= 0.3 is 0 Å². The van der Waals surface area contributed by atoms with Crippen molar-refractivity contribution in [1.29, 1.82) is 0 Å². The van der Waals surface area contributed by atoms with Gasteiger partial charge in [0.05, 0.1) is 6.04 Å². The van der Waals surface area contributed by atoms with E-state index < -0.39 is 56.3 Å². The average Bonchev–Trinajstić information content (AvgIpc) is 2.76. The van der Waals surface area contributed by atoms with E-state index in [4.69, 9.17) is 0 Å². The highest BCUT2D eigenvalue weighted by molar-refractivity contribution is 7.91. The van der Waals surface area contributed by atoms with E-state index in [9.17, 15) is 32.3 Å². The Labute approximate surface area is 195 Å². The second kappa shape index (κ2) is 9.89. The molecule has 1 atom stereocenters. The lowest BCUT2D eigenvalue weighted by atomic mass is 10.1. The topological polar surface area (TPSA) is 142 Å². The first kappa shape index (κ1) is 25.3. The summed E-state index contributed by atoms with van der Waals surface area (Å²) in [4.78, 5) is 45.1. The van der Waals surface area contributed by atoms with Gasteiger partial charge in [-0.25, -0.2) is 17.8 Å². The minimum atomic E-state index is -3.53. The lowest BCUT2D eigenvalue weighted by Gasteiger charge is -2.36. The second-order valence-corrected chi connectivity index (χ2v) is 10.4. The van der Waals surface area contributed by atoms with Gasteiger partial charge in [-0.2, -0.15) is 0 Å². The van der Waals surface area contributed by atoms with Crippen molar-refractivity contribution in [3.05, 3.63) is 57.5 Å². The van der Waals surface area contributed by atoms with Crippen molar-refractivity contribution in [2.75, 3.05) is 39.2 Å². The first-order valence-corrected chi connectivity index (χ1v) is 12.4. The van der Waals surface area contributed by atoms with E-state index in [-0.39, 0.29) is 25.5 Å². The molecule has 2 heterocycles. The molecule has 1 aromatic carbocycles. The predicted octanol–water partition coefficient (Wildman–Crippen LogP) is -0.492. The summed E-state index contributed by atoms with van der Waals surface area (Å²) in [6.45, 7) is 0.645. The Morgan fingerprint density at radius 2 is 1.91 bits per heavy atom. The Hall–Kier alpha value is -3.32. The molecule has 1 unspecified atom stereocenters. The van der Waals surface area contributed by atoms with E-state index in [0.29, 0.717) is 12.1 Å². The number of hydrogen-bond donors (Lipinski definition) is 2. The molecule has 0 aliphatic carbocycles. The zero-order valence-corrected chi connectivity index (χ0v) is 19.8. The molecule has 1 aliphatic rings. The van der Waals surface area contributed by atoms with Crippen molar-refractivity contribution < 1.29 is 27.5 Å². The molecule has 2 amide bonds. The van der Waals surface area contributed by atoms with Crippen LogP contribution < -0.4 is 10.9 Å². The van der Waals surface area contributed by atoms with Gasteiger partial charge in [0.25, 0.3) is 11.5 Å². The average molecular weight is 496 g/mol. The number of aromatic nitrogens is 2. The fraction of sp³-hybridized carbons (Fsp3) is 0.429. The van der Waals surface area contributed by atoms with Crippen LogP contribution in [-0.4, -0.2) is 83.9 Å². The number of sulfone groups is 1. The van der Waals surface area contributed by atoms with Crippen LogP contribution in [0, 0.1) is 5.82 Å². The van der Waals surface area contributed by atoms with Crippen LogP contribution in [0.4, 0.5) is 4.39 Å². The molecule has 11 nitrogen and oxygen atoms in total. The maximum absolute atomic E-state index is 13.1. The number of aromatic hydroxyl groups is 1.